The van der Waals surface area contributed by atoms with Crippen molar-refractivity contribution in [3.05, 3.63) is 60.3 Å². The highest BCUT2D eigenvalue weighted by molar-refractivity contribution is 7.92. The van der Waals surface area contributed by atoms with Crippen molar-refractivity contribution in [1.29, 1.82) is 0 Å². The van der Waals surface area contributed by atoms with Crippen molar-refractivity contribution in [2.75, 3.05) is 29.1 Å². The van der Waals surface area contributed by atoms with Crippen LogP contribution in [0.5, 0.6) is 0 Å². The van der Waals surface area contributed by atoms with Gasteiger partial charge in [0, 0.05) is 30.6 Å². The van der Waals surface area contributed by atoms with Gasteiger partial charge in [-0.15, -0.1) is 0 Å². The van der Waals surface area contributed by atoms with Crippen molar-refractivity contribution in [1.82, 2.24) is 4.98 Å². The number of rotatable bonds is 4. The number of carbonyl (C=O) groups is 1. The van der Waals surface area contributed by atoms with Gasteiger partial charge in [-0.2, -0.15) is 0 Å². The number of urea groups is 1. The summed E-state index contributed by atoms with van der Waals surface area (Å²) in [6, 6.07) is 9.54. The molecule has 1 aromatic heterocycles. The van der Waals surface area contributed by atoms with Crippen LogP contribution in [0.2, 0.25) is 0 Å². The first kappa shape index (κ1) is 20.4. The van der Waals surface area contributed by atoms with Crippen molar-refractivity contribution in [2.24, 2.45) is 0 Å². The number of hydrogen-bond donors (Lipinski definition) is 0. The van der Waals surface area contributed by atoms with Crippen LogP contribution in [0.3, 0.4) is 0 Å². The first-order chi connectivity index (χ1) is 14.2. The fraction of sp³-hybridized carbons (Fsp3) is 0.200. The topological polar surface area (TPSA) is 70.6 Å². The molecule has 0 unspecified atom stereocenters. The van der Waals surface area contributed by atoms with E-state index in [1.807, 2.05) is 0 Å². The second kappa shape index (κ2) is 7.77. The molecule has 2 amide bonds. The predicted molar refractivity (Wildman–Crippen MR) is 112 cm³/mol. The van der Waals surface area contributed by atoms with Gasteiger partial charge in [-0.3, -0.25) is 9.80 Å². The van der Waals surface area contributed by atoms with Gasteiger partial charge in [0.05, 0.1) is 6.20 Å². The molecule has 1 saturated heterocycles. The van der Waals surface area contributed by atoms with E-state index >= 15 is 0 Å². The SMILES string of the molecule is CS(=O)(=O)c1cnc(N2CCCN(c3ccc(-c4cc(F)ccc4F)cc3)C2=O)s1. The van der Waals surface area contributed by atoms with Gasteiger partial charge in [-0.05, 0) is 42.3 Å². The number of hydrogen-bond acceptors (Lipinski definition) is 5. The maximum atomic E-state index is 14.0. The molecular formula is C20H17F2N3O3S2. The molecule has 3 aromatic rings. The number of carbonyl (C=O) groups excluding carboxylic acids is 1. The minimum Gasteiger partial charge on any atom is -0.294 e. The third-order valence-electron chi connectivity index (χ3n) is 4.71. The summed E-state index contributed by atoms with van der Waals surface area (Å²) in [4.78, 5) is 20.1. The molecule has 0 atom stereocenters. The Morgan fingerprint density at radius 1 is 1.03 bits per heavy atom. The number of nitrogens with zero attached hydrogens (tertiary/aromatic N) is 3. The Kier molecular flexibility index (Phi) is 5.29. The molecule has 10 heteroatoms. The van der Waals surface area contributed by atoms with E-state index in [9.17, 15) is 22.0 Å². The largest absolute Gasteiger partial charge is 0.330 e. The number of halogens is 2. The number of amides is 2. The standard InChI is InChI=1S/C20H17F2N3O3S2/c1-30(27,28)18-12-23-19(29-18)25-10-2-9-24(20(25)26)15-6-3-13(4-7-15)16-11-14(21)5-8-17(16)22/h3-8,11-12H,2,9-10H2,1H3. The van der Waals surface area contributed by atoms with E-state index in [-0.39, 0.29) is 15.8 Å². The fourth-order valence-corrected chi connectivity index (χ4v) is 4.97. The molecule has 0 spiro atoms. The second-order valence-electron chi connectivity index (χ2n) is 6.84. The van der Waals surface area contributed by atoms with Crippen molar-refractivity contribution in [3.8, 4) is 11.1 Å². The highest BCUT2D eigenvalue weighted by Crippen LogP contribution is 2.31. The fourth-order valence-electron chi connectivity index (χ4n) is 3.23. The highest BCUT2D eigenvalue weighted by atomic mass is 32.2. The Bertz CT molecular complexity index is 1210. The summed E-state index contributed by atoms with van der Waals surface area (Å²) in [5, 5.41) is 0.323. The Balaban J connectivity index is 1.59. The molecular weight excluding hydrogens is 432 g/mol. The molecule has 1 aliphatic rings. The van der Waals surface area contributed by atoms with Crippen molar-refractivity contribution >= 4 is 38.0 Å². The van der Waals surface area contributed by atoms with Crippen molar-refractivity contribution < 1.29 is 22.0 Å². The Morgan fingerprint density at radius 3 is 2.40 bits per heavy atom. The van der Waals surface area contributed by atoms with E-state index < -0.39 is 21.5 Å². The van der Waals surface area contributed by atoms with Crippen molar-refractivity contribution in [3.63, 3.8) is 0 Å². The van der Waals surface area contributed by atoms with Crippen LogP contribution in [0.1, 0.15) is 6.42 Å². The van der Waals surface area contributed by atoms with Crippen LogP contribution in [0, 0.1) is 11.6 Å². The summed E-state index contributed by atoms with van der Waals surface area (Å²) in [7, 11) is -3.39. The van der Waals surface area contributed by atoms with Gasteiger partial charge in [0.15, 0.2) is 15.0 Å². The number of aromatic nitrogens is 1. The third-order valence-corrected chi connectivity index (χ3v) is 7.52. The average molecular weight is 450 g/mol. The van der Waals surface area contributed by atoms with Gasteiger partial charge in [-0.1, -0.05) is 23.5 Å². The first-order valence-electron chi connectivity index (χ1n) is 9.04. The summed E-state index contributed by atoms with van der Waals surface area (Å²) in [6.45, 7) is 0.909. The molecule has 0 radical (unpaired) electrons. The van der Waals surface area contributed by atoms with Crippen LogP contribution in [-0.4, -0.2) is 38.8 Å². The molecule has 30 heavy (non-hydrogen) atoms. The van der Waals surface area contributed by atoms with Crippen LogP contribution in [-0.2, 0) is 9.84 Å². The van der Waals surface area contributed by atoms with Crippen molar-refractivity contribution in [2.45, 2.75) is 10.6 Å². The second-order valence-corrected chi connectivity index (χ2v) is 10.1. The summed E-state index contributed by atoms with van der Waals surface area (Å²) in [6.07, 6.45) is 3.02. The highest BCUT2D eigenvalue weighted by Gasteiger charge is 2.30. The maximum absolute atomic E-state index is 14.0. The zero-order valence-electron chi connectivity index (χ0n) is 15.9. The minimum absolute atomic E-state index is 0.101. The number of thiazole rings is 1. The molecule has 6 nitrogen and oxygen atoms in total. The van der Waals surface area contributed by atoms with Crippen LogP contribution < -0.4 is 9.80 Å². The molecule has 0 N–H and O–H groups in total. The van der Waals surface area contributed by atoms with Crippen LogP contribution in [0.25, 0.3) is 11.1 Å². The molecule has 1 fully saturated rings. The maximum Gasteiger partial charge on any atom is 0.330 e. The molecule has 156 valence electrons. The van der Waals surface area contributed by atoms with E-state index in [0.717, 1.165) is 35.8 Å². The molecule has 0 saturated carbocycles. The molecule has 2 aromatic carbocycles. The average Bonchev–Trinajstić information content (AvgIpc) is 3.21. The van der Waals surface area contributed by atoms with E-state index in [1.165, 1.54) is 11.1 Å². The monoisotopic (exact) mass is 449 g/mol. The number of benzene rings is 2. The molecule has 0 bridgehead atoms. The van der Waals surface area contributed by atoms with Gasteiger partial charge in [-0.25, -0.2) is 27.0 Å². The van der Waals surface area contributed by atoms with Crippen LogP contribution in [0.4, 0.5) is 24.4 Å². The predicted octanol–water partition coefficient (Wildman–Crippen LogP) is 4.33. The lowest BCUT2D eigenvalue weighted by molar-refractivity contribution is 0.248. The van der Waals surface area contributed by atoms with E-state index in [2.05, 4.69) is 4.98 Å². The quantitative estimate of drug-likeness (QED) is 0.595. The lowest BCUT2D eigenvalue weighted by Crippen LogP contribution is -2.49. The molecule has 4 rings (SSSR count). The lowest BCUT2D eigenvalue weighted by Gasteiger charge is -2.34. The van der Waals surface area contributed by atoms with Gasteiger partial charge in [0.1, 0.15) is 15.8 Å². The zero-order chi connectivity index (χ0) is 21.5. The summed E-state index contributed by atoms with van der Waals surface area (Å²) in [5.74, 6) is -1.07. The first-order valence-corrected chi connectivity index (χ1v) is 11.8. The smallest absolute Gasteiger partial charge is 0.294 e. The molecule has 0 aliphatic carbocycles. The van der Waals surface area contributed by atoms with E-state index in [4.69, 9.17) is 0 Å². The Hall–Kier alpha value is -2.85. The summed E-state index contributed by atoms with van der Waals surface area (Å²) >= 11 is 0.952. The number of anilines is 2. The van der Waals surface area contributed by atoms with E-state index in [1.54, 1.807) is 29.2 Å². The van der Waals surface area contributed by atoms with Gasteiger partial charge in [0.25, 0.3) is 0 Å². The van der Waals surface area contributed by atoms with Gasteiger partial charge in [0.2, 0.25) is 0 Å². The Morgan fingerprint density at radius 2 is 1.73 bits per heavy atom. The molecule has 1 aliphatic heterocycles. The zero-order valence-corrected chi connectivity index (χ0v) is 17.5. The lowest BCUT2D eigenvalue weighted by atomic mass is 10.0. The minimum atomic E-state index is -3.39. The summed E-state index contributed by atoms with van der Waals surface area (Å²) < 4.78 is 51.0. The van der Waals surface area contributed by atoms with Crippen LogP contribution >= 0.6 is 11.3 Å². The van der Waals surface area contributed by atoms with Gasteiger partial charge >= 0.3 is 6.03 Å². The molecule has 2 heterocycles. The van der Waals surface area contributed by atoms with Gasteiger partial charge < -0.3 is 0 Å². The third kappa shape index (κ3) is 3.92. The number of sulfone groups is 1. The summed E-state index contributed by atoms with van der Waals surface area (Å²) in [5.41, 5.74) is 1.24. The van der Waals surface area contributed by atoms with E-state index in [0.29, 0.717) is 35.9 Å². The Labute approximate surface area is 176 Å². The van der Waals surface area contributed by atoms with Crippen LogP contribution in [0.15, 0.2) is 52.9 Å². The normalized spacial score (nSPS) is 15.0.